The van der Waals surface area contributed by atoms with E-state index in [9.17, 15) is 14.9 Å². The Morgan fingerprint density at radius 2 is 2.07 bits per heavy atom. The predicted molar refractivity (Wildman–Crippen MR) is 106 cm³/mol. The highest BCUT2D eigenvalue weighted by Crippen LogP contribution is 2.22. The molecule has 0 saturated heterocycles. The highest BCUT2D eigenvalue weighted by atomic mass is 79.9. The number of hydrogen-bond donors (Lipinski definition) is 2. The van der Waals surface area contributed by atoms with E-state index in [1.54, 1.807) is 0 Å². The van der Waals surface area contributed by atoms with E-state index < -0.39 is 4.92 Å². The van der Waals surface area contributed by atoms with Gasteiger partial charge in [0.2, 0.25) is 0 Å². The van der Waals surface area contributed by atoms with E-state index in [-0.39, 0.29) is 24.7 Å². The average molecular weight is 431 g/mol. The molecule has 138 valence electrons. The van der Waals surface area contributed by atoms with Crippen LogP contribution in [-0.2, 0) is 4.79 Å². The molecule has 0 spiro atoms. The monoisotopic (exact) mass is 430 g/mol. The van der Waals surface area contributed by atoms with E-state index in [4.69, 9.17) is 11.2 Å². The topological polar surface area (TPSA) is 106 Å². The van der Waals surface area contributed by atoms with E-state index >= 15 is 0 Å². The number of carbonyl (C=O) groups is 1. The molecule has 0 atom stereocenters. The zero-order valence-corrected chi connectivity index (χ0v) is 15.6. The first kappa shape index (κ1) is 19.9. The van der Waals surface area contributed by atoms with E-state index in [1.807, 2.05) is 24.3 Å². The second kappa shape index (κ2) is 9.94. The lowest BCUT2D eigenvalue weighted by Crippen LogP contribution is -2.25. The fraction of sp³-hybridized carbons (Fsp3) is 0.111. The van der Waals surface area contributed by atoms with Gasteiger partial charge in [-0.15, -0.1) is 6.42 Å². The van der Waals surface area contributed by atoms with Crippen LogP contribution in [0.15, 0.2) is 52.0 Å². The van der Waals surface area contributed by atoms with Crippen molar-refractivity contribution in [2.24, 2.45) is 5.10 Å². The Kier molecular flexibility index (Phi) is 7.34. The maximum Gasteiger partial charge on any atom is 0.270 e. The maximum atomic E-state index is 11.8. The Balaban J connectivity index is 1.97. The van der Waals surface area contributed by atoms with Crippen LogP contribution in [0, 0.1) is 22.5 Å². The fourth-order valence-corrected chi connectivity index (χ4v) is 2.23. The minimum Gasteiger partial charge on any atom is -0.480 e. The molecule has 0 saturated carbocycles. The van der Waals surface area contributed by atoms with Crippen LogP contribution < -0.4 is 15.5 Å². The molecule has 9 heteroatoms. The van der Waals surface area contributed by atoms with Gasteiger partial charge in [0, 0.05) is 27.9 Å². The Hall–Kier alpha value is -3.38. The van der Waals surface area contributed by atoms with Crippen molar-refractivity contribution < 1.29 is 14.5 Å². The van der Waals surface area contributed by atoms with Gasteiger partial charge in [-0.25, -0.2) is 5.43 Å². The van der Waals surface area contributed by atoms with Crippen LogP contribution in [0.3, 0.4) is 0 Å². The number of anilines is 1. The number of ether oxygens (including phenoxy) is 1. The third kappa shape index (κ3) is 6.45. The highest BCUT2D eigenvalue weighted by Gasteiger charge is 2.10. The Labute approximate surface area is 163 Å². The number of nitro benzene ring substituents is 1. The summed E-state index contributed by atoms with van der Waals surface area (Å²) in [5, 5.41) is 17.7. The largest absolute Gasteiger partial charge is 0.480 e. The molecule has 2 aromatic carbocycles. The first-order chi connectivity index (χ1) is 13.0. The van der Waals surface area contributed by atoms with Crippen molar-refractivity contribution in [2.75, 3.05) is 18.5 Å². The van der Waals surface area contributed by atoms with Gasteiger partial charge in [0.05, 0.1) is 17.7 Å². The second-order valence-electron chi connectivity index (χ2n) is 5.13. The summed E-state index contributed by atoms with van der Waals surface area (Å²) in [7, 11) is 0. The number of halogens is 1. The number of hydrogen-bond acceptors (Lipinski definition) is 6. The first-order valence-electron chi connectivity index (χ1n) is 7.65. The van der Waals surface area contributed by atoms with Crippen molar-refractivity contribution in [1.82, 2.24) is 5.43 Å². The second-order valence-corrected chi connectivity index (χ2v) is 6.04. The van der Waals surface area contributed by atoms with Gasteiger partial charge in [-0.1, -0.05) is 21.9 Å². The fourth-order valence-electron chi connectivity index (χ4n) is 1.96. The lowest BCUT2D eigenvalue weighted by atomic mass is 10.2. The summed E-state index contributed by atoms with van der Waals surface area (Å²) in [6.07, 6.45) is 6.41. The van der Waals surface area contributed by atoms with Crippen molar-refractivity contribution in [3.05, 3.63) is 62.6 Å². The van der Waals surface area contributed by atoms with Crippen LogP contribution in [0.1, 0.15) is 5.56 Å². The molecule has 0 aliphatic rings. The van der Waals surface area contributed by atoms with E-state index in [2.05, 4.69) is 37.7 Å². The van der Waals surface area contributed by atoms with Gasteiger partial charge in [0.25, 0.3) is 11.6 Å². The normalized spacial score (nSPS) is 10.2. The van der Waals surface area contributed by atoms with Crippen molar-refractivity contribution in [3.63, 3.8) is 0 Å². The van der Waals surface area contributed by atoms with Crippen molar-refractivity contribution in [3.8, 4) is 18.1 Å². The van der Waals surface area contributed by atoms with Crippen molar-refractivity contribution in [1.29, 1.82) is 0 Å². The van der Waals surface area contributed by atoms with Crippen molar-refractivity contribution >= 4 is 39.4 Å². The third-order valence-electron chi connectivity index (χ3n) is 3.21. The number of nitrogens with one attached hydrogen (secondary N) is 2. The number of terminal acetylenes is 1. The summed E-state index contributed by atoms with van der Waals surface area (Å²) in [6, 6.07) is 11.3. The molecule has 2 aromatic rings. The number of nitrogens with zero attached hydrogens (tertiary/aromatic N) is 2. The van der Waals surface area contributed by atoms with Crippen LogP contribution in [0.5, 0.6) is 5.75 Å². The van der Waals surface area contributed by atoms with Gasteiger partial charge in [-0.05, 0) is 30.3 Å². The molecular formula is C18H15BrN4O4. The molecule has 8 nitrogen and oxygen atoms in total. The van der Waals surface area contributed by atoms with Crippen LogP contribution in [0.25, 0.3) is 0 Å². The third-order valence-corrected chi connectivity index (χ3v) is 3.73. The molecule has 27 heavy (non-hydrogen) atoms. The van der Waals surface area contributed by atoms with Crippen LogP contribution >= 0.6 is 15.9 Å². The van der Waals surface area contributed by atoms with E-state index in [0.717, 1.165) is 10.2 Å². The van der Waals surface area contributed by atoms with Gasteiger partial charge < -0.3 is 10.1 Å². The van der Waals surface area contributed by atoms with Gasteiger partial charge in [-0.2, -0.15) is 5.10 Å². The minimum atomic E-state index is -0.539. The summed E-state index contributed by atoms with van der Waals surface area (Å²) in [5.74, 6) is 2.25. The maximum absolute atomic E-state index is 11.8. The van der Waals surface area contributed by atoms with Crippen LogP contribution in [0.2, 0.25) is 0 Å². The molecule has 0 heterocycles. The number of nitro groups is 1. The summed E-state index contributed by atoms with van der Waals surface area (Å²) in [4.78, 5) is 22.2. The SMILES string of the molecule is C#CCOc1ccc([N+](=O)[O-])cc1/C=N\NC(=O)CNc1ccc(Br)cc1. The smallest absolute Gasteiger partial charge is 0.270 e. The Bertz CT molecular complexity index is 891. The molecule has 0 unspecified atom stereocenters. The number of carbonyl (C=O) groups excluding carboxylic acids is 1. The summed E-state index contributed by atoms with van der Waals surface area (Å²) in [6.45, 7) is 0.0104. The average Bonchev–Trinajstić information content (AvgIpc) is 2.66. The molecule has 0 aromatic heterocycles. The summed E-state index contributed by atoms with van der Waals surface area (Å²) < 4.78 is 6.25. The molecule has 0 fully saturated rings. The minimum absolute atomic E-state index is 0.00210. The quantitative estimate of drug-likeness (QED) is 0.289. The molecule has 2 N–H and O–H groups in total. The van der Waals surface area contributed by atoms with Crippen molar-refractivity contribution in [2.45, 2.75) is 0 Å². The van der Waals surface area contributed by atoms with Gasteiger partial charge >= 0.3 is 0 Å². The highest BCUT2D eigenvalue weighted by molar-refractivity contribution is 9.10. The predicted octanol–water partition coefficient (Wildman–Crippen LogP) is 2.93. The lowest BCUT2D eigenvalue weighted by molar-refractivity contribution is -0.384. The first-order valence-corrected chi connectivity index (χ1v) is 8.45. The lowest BCUT2D eigenvalue weighted by Gasteiger charge is -2.07. The molecule has 2 rings (SSSR count). The molecule has 1 amide bonds. The van der Waals surface area contributed by atoms with Gasteiger partial charge in [-0.3, -0.25) is 14.9 Å². The number of benzene rings is 2. The van der Waals surface area contributed by atoms with Gasteiger partial charge in [0.15, 0.2) is 0 Å². The Morgan fingerprint density at radius 3 is 2.74 bits per heavy atom. The molecule has 0 aliphatic heterocycles. The van der Waals surface area contributed by atoms with Crippen LogP contribution in [0.4, 0.5) is 11.4 Å². The standard InChI is InChI=1S/C18H15BrN4O4/c1-2-9-27-17-8-7-16(23(25)26)10-13(17)11-21-22-18(24)12-20-15-5-3-14(19)4-6-15/h1,3-8,10-11,20H,9,12H2,(H,22,24)/b21-11-. The molecule has 0 aliphatic carbocycles. The number of hydrazone groups is 1. The number of rotatable bonds is 8. The van der Waals surface area contributed by atoms with E-state index in [0.29, 0.717) is 11.3 Å². The van der Waals surface area contributed by atoms with Crippen LogP contribution in [-0.4, -0.2) is 30.2 Å². The van der Waals surface area contributed by atoms with E-state index in [1.165, 1.54) is 24.4 Å². The number of non-ortho nitro benzene ring substituents is 1. The summed E-state index contributed by atoms with van der Waals surface area (Å²) >= 11 is 3.33. The zero-order valence-electron chi connectivity index (χ0n) is 14.0. The van der Waals surface area contributed by atoms with Gasteiger partial charge in [0.1, 0.15) is 12.4 Å². The Morgan fingerprint density at radius 1 is 1.33 bits per heavy atom. The molecule has 0 bridgehead atoms. The molecular weight excluding hydrogens is 416 g/mol. The zero-order chi connectivity index (χ0) is 19.6. The summed E-state index contributed by atoms with van der Waals surface area (Å²) in [5.41, 5.74) is 3.30. The number of amides is 1. The molecule has 0 radical (unpaired) electrons.